The van der Waals surface area contributed by atoms with Crippen LogP contribution in [0.4, 0.5) is 5.69 Å². The van der Waals surface area contributed by atoms with Crippen molar-refractivity contribution < 1.29 is 9.53 Å². The predicted molar refractivity (Wildman–Crippen MR) is 84.0 cm³/mol. The van der Waals surface area contributed by atoms with Crippen LogP contribution in [0.15, 0.2) is 41.5 Å². The van der Waals surface area contributed by atoms with Crippen molar-refractivity contribution in [2.75, 3.05) is 20.7 Å². The van der Waals surface area contributed by atoms with E-state index in [1.54, 1.807) is 19.5 Å². The Labute approximate surface area is 124 Å². The number of esters is 1. The van der Waals surface area contributed by atoms with E-state index < -0.39 is 5.97 Å². The van der Waals surface area contributed by atoms with Gasteiger partial charge in [-0.3, -0.25) is 0 Å². The number of H-pyrrole nitrogens is 1. The standard InChI is InChI=1S/C16H19N3O2/c1-4-21-16(20)15-14(18-11-19(2)3)13(10-17-15)12-8-6-5-7-9-12/h5-11,17H,4H2,1-3H3. The Morgan fingerprint density at radius 1 is 1.33 bits per heavy atom. The summed E-state index contributed by atoms with van der Waals surface area (Å²) in [7, 11) is 3.75. The molecule has 5 heteroatoms. The van der Waals surface area contributed by atoms with Crippen molar-refractivity contribution in [1.29, 1.82) is 0 Å². The molecule has 0 fully saturated rings. The van der Waals surface area contributed by atoms with Gasteiger partial charge in [-0.15, -0.1) is 0 Å². The van der Waals surface area contributed by atoms with Crippen LogP contribution in [0.3, 0.4) is 0 Å². The summed E-state index contributed by atoms with van der Waals surface area (Å²) < 4.78 is 5.07. The molecule has 5 nitrogen and oxygen atoms in total. The van der Waals surface area contributed by atoms with Gasteiger partial charge in [0, 0.05) is 25.9 Å². The van der Waals surface area contributed by atoms with E-state index in [0.717, 1.165) is 11.1 Å². The molecule has 0 aliphatic rings. The Morgan fingerprint density at radius 3 is 2.67 bits per heavy atom. The van der Waals surface area contributed by atoms with Gasteiger partial charge in [0.05, 0.1) is 12.9 Å². The molecule has 110 valence electrons. The molecule has 1 aromatic heterocycles. The van der Waals surface area contributed by atoms with Crippen LogP contribution >= 0.6 is 0 Å². The van der Waals surface area contributed by atoms with Crippen LogP contribution in [-0.4, -0.2) is 42.9 Å². The molecule has 0 atom stereocenters. The summed E-state index contributed by atoms with van der Waals surface area (Å²) in [5.74, 6) is -0.398. The average Bonchev–Trinajstić information content (AvgIpc) is 2.90. The lowest BCUT2D eigenvalue weighted by atomic mass is 10.1. The molecule has 0 amide bonds. The summed E-state index contributed by atoms with van der Waals surface area (Å²) in [6.07, 6.45) is 3.45. The monoisotopic (exact) mass is 285 g/mol. The van der Waals surface area contributed by atoms with Gasteiger partial charge in [-0.2, -0.15) is 0 Å². The zero-order chi connectivity index (χ0) is 15.2. The fourth-order valence-corrected chi connectivity index (χ4v) is 1.92. The first-order valence-corrected chi connectivity index (χ1v) is 6.78. The van der Waals surface area contributed by atoms with E-state index in [0.29, 0.717) is 18.0 Å². The Bertz CT molecular complexity index is 630. The van der Waals surface area contributed by atoms with Crippen molar-refractivity contribution in [1.82, 2.24) is 9.88 Å². The highest BCUT2D eigenvalue weighted by atomic mass is 16.5. The number of aliphatic imine (C=N–C) groups is 1. The molecular formula is C16H19N3O2. The van der Waals surface area contributed by atoms with Gasteiger partial charge in [-0.1, -0.05) is 30.3 Å². The zero-order valence-electron chi connectivity index (χ0n) is 12.5. The highest BCUT2D eigenvalue weighted by Gasteiger charge is 2.19. The van der Waals surface area contributed by atoms with Crippen LogP contribution in [0.1, 0.15) is 17.4 Å². The minimum absolute atomic E-state index is 0.329. The molecule has 0 radical (unpaired) electrons. The lowest BCUT2D eigenvalue weighted by molar-refractivity contribution is 0.0521. The number of carbonyl (C=O) groups excluding carboxylic acids is 1. The number of ether oxygens (including phenoxy) is 1. The second-order valence-corrected chi connectivity index (χ2v) is 4.72. The SMILES string of the molecule is CCOC(=O)c1[nH]cc(-c2ccccc2)c1N=CN(C)C. The van der Waals surface area contributed by atoms with Gasteiger partial charge in [-0.25, -0.2) is 9.79 Å². The van der Waals surface area contributed by atoms with Gasteiger partial charge in [0.1, 0.15) is 5.69 Å². The molecule has 0 spiro atoms. The number of benzene rings is 1. The third-order valence-corrected chi connectivity index (χ3v) is 2.83. The van der Waals surface area contributed by atoms with E-state index >= 15 is 0 Å². The highest BCUT2D eigenvalue weighted by molar-refractivity contribution is 5.98. The Morgan fingerprint density at radius 2 is 2.05 bits per heavy atom. The van der Waals surface area contributed by atoms with E-state index in [2.05, 4.69) is 9.98 Å². The average molecular weight is 285 g/mol. The lowest BCUT2D eigenvalue weighted by Crippen LogP contribution is -2.08. The van der Waals surface area contributed by atoms with Crippen molar-refractivity contribution in [3.8, 4) is 11.1 Å². The zero-order valence-corrected chi connectivity index (χ0v) is 12.5. The molecule has 0 saturated heterocycles. The number of aromatic amines is 1. The summed E-state index contributed by atoms with van der Waals surface area (Å²) in [6, 6.07) is 9.81. The Balaban J connectivity index is 2.48. The van der Waals surface area contributed by atoms with Crippen LogP contribution in [0, 0.1) is 0 Å². The number of hydrogen-bond acceptors (Lipinski definition) is 3. The van der Waals surface area contributed by atoms with E-state index in [1.807, 2.05) is 49.3 Å². The van der Waals surface area contributed by atoms with Crippen LogP contribution in [0.25, 0.3) is 11.1 Å². The smallest absolute Gasteiger partial charge is 0.357 e. The van der Waals surface area contributed by atoms with Crippen molar-refractivity contribution >= 4 is 18.0 Å². The van der Waals surface area contributed by atoms with E-state index in [4.69, 9.17) is 4.74 Å². The van der Waals surface area contributed by atoms with Crippen molar-refractivity contribution in [3.63, 3.8) is 0 Å². The Hall–Kier alpha value is -2.56. The van der Waals surface area contributed by atoms with Gasteiger partial charge in [0.25, 0.3) is 0 Å². The molecule has 2 rings (SSSR count). The molecule has 0 aliphatic heterocycles. The number of aromatic nitrogens is 1. The second kappa shape index (κ2) is 6.74. The normalized spacial score (nSPS) is 10.8. The second-order valence-electron chi connectivity index (χ2n) is 4.72. The number of hydrogen-bond donors (Lipinski definition) is 1. The van der Waals surface area contributed by atoms with E-state index in [1.165, 1.54) is 0 Å². The maximum atomic E-state index is 12.0. The number of nitrogens with one attached hydrogen (secondary N) is 1. The van der Waals surface area contributed by atoms with Gasteiger partial charge < -0.3 is 14.6 Å². The third-order valence-electron chi connectivity index (χ3n) is 2.83. The molecule has 21 heavy (non-hydrogen) atoms. The molecule has 0 aliphatic carbocycles. The maximum Gasteiger partial charge on any atom is 0.357 e. The predicted octanol–water partition coefficient (Wildman–Crippen LogP) is 3.08. The third kappa shape index (κ3) is 3.51. The minimum atomic E-state index is -0.398. The topological polar surface area (TPSA) is 57.7 Å². The molecule has 1 N–H and O–H groups in total. The fourth-order valence-electron chi connectivity index (χ4n) is 1.92. The van der Waals surface area contributed by atoms with E-state index in [-0.39, 0.29) is 0 Å². The highest BCUT2D eigenvalue weighted by Crippen LogP contribution is 2.33. The first-order valence-electron chi connectivity index (χ1n) is 6.78. The molecule has 0 unspecified atom stereocenters. The van der Waals surface area contributed by atoms with Gasteiger partial charge in [0.15, 0.2) is 5.69 Å². The molecule has 1 aromatic carbocycles. The summed E-state index contributed by atoms with van der Waals surface area (Å²) >= 11 is 0. The summed E-state index contributed by atoms with van der Waals surface area (Å²) in [5, 5.41) is 0. The fraction of sp³-hybridized carbons (Fsp3) is 0.250. The molecule has 0 saturated carbocycles. The summed E-state index contributed by atoms with van der Waals surface area (Å²) in [6.45, 7) is 2.11. The van der Waals surface area contributed by atoms with Crippen LogP contribution in [-0.2, 0) is 4.74 Å². The molecule has 0 bridgehead atoms. The first kappa shape index (κ1) is 14.8. The molecule has 1 heterocycles. The molecular weight excluding hydrogens is 266 g/mol. The van der Waals surface area contributed by atoms with Crippen LogP contribution < -0.4 is 0 Å². The number of carbonyl (C=O) groups is 1. The molecule has 2 aromatic rings. The van der Waals surface area contributed by atoms with E-state index in [9.17, 15) is 4.79 Å². The first-order chi connectivity index (χ1) is 10.1. The van der Waals surface area contributed by atoms with Crippen molar-refractivity contribution in [3.05, 3.63) is 42.2 Å². The van der Waals surface area contributed by atoms with Crippen LogP contribution in [0.5, 0.6) is 0 Å². The van der Waals surface area contributed by atoms with Gasteiger partial charge in [0.2, 0.25) is 0 Å². The van der Waals surface area contributed by atoms with Gasteiger partial charge >= 0.3 is 5.97 Å². The van der Waals surface area contributed by atoms with Crippen LogP contribution in [0.2, 0.25) is 0 Å². The summed E-state index contributed by atoms with van der Waals surface area (Å²) in [4.78, 5) is 21.2. The maximum absolute atomic E-state index is 12.0. The lowest BCUT2D eigenvalue weighted by Gasteiger charge is -2.06. The van der Waals surface area contributed by atoms with Crippen molar-refractivity contribution in [2.24, 2.45) is 4.99 Å². The summed E-state index contributed by atoms with van der Waals surface area (Å²) in [5.41, 5.74) is 2.83. The Kier molecular flexibility index (Phi) is 4.77. The largest absolute Gasteiger partial charge is 0.461 e. The minimum Gasteiger partial charge on any atom is -0.461 e. The van der Waals surface area contributed by atoms with Gasteiger partial charge in [-0.05, 0) is 12.5 Å². The number of rotatable bonds is 5. The number of nitrogens with zero attached hydrogens (tertiary/aromatic N) is 2. The van der Waals surface area contributed by atoms with Crippen molar-refractivity contribution in [2.45, 2.75) is 6.92 Å². The quantitative estimate of drug-likeness (QED) is 0.522.